The number of para-hydroxylation sites is 1. The molecule has 0 spiro atoms. The van der Waals surface area contributed by atoms with Crippen molar-refractivity contribution in [3.63, 3.8) is 0 Å². The highest BCUT2D eigenvalue weighted by Crippen LogP contribution is 2.21. The van der Waals surface area contributed by atoms with Gasteiger partial charge in [0.1, 0.15) is 0 Å². The monoisotopic (exact) mass is 305 g/mol. The van der Waals surface area contributed by atoms with Gasteiger partial charge in [-0.1, -0.05) is 18.2 Å². The van der Waals surface area contributed by atoms with Crippen LogP contribution in [0.1, 0.15) is 6.42 Å². The molecule has 0 N–H and O–H groups in total. The highest BCUT2D eigenvalue weighted by molar-refractivity contribution is 7.99. The molecule has 110 valence electrons. The number of aromatic nitrogens is 4. The normalized spacial score (nSPS) is 17.9. The number of carbonyl (C=O) groups is 1. The van der Waals surface area contributed by atoms with Crippen molar-refractivity contribution in [2.75, 3.05) is 18.6 Å². The van der Waals surface area contributed by atoms with E-state index in [0.717, 1.165) is 27.3 Å². The lowest BCUT2D eigenvalue weighted by atomic mass is 10.2. The van der Waals surface area contributed by atoms with E-state index >= 15 is 0 Å². The minimum absolute atomic E-state index is 0.149. The Morgan fingerprint density at radius 3 is 2.76 bits per heavy atom. The van der Waals surface area contributed by atoms with Gasteiger partial charge in [-0.05, 0) is 34.7 Å². The molecule has 1 aromatic heterocycles. The Bertz CT molecular complexity index is 690. The van der Waals surface area contributed by atoms with Crippen LogP contribution in [0, 0.1) is 0 Å². The second kappa shape index (κ2) is 5.72. The predicted molar refractivity (Wildman–Crippen MR) is 79.9 cm³/mol. The van der Waals surface area contributed by atoms with Crippen LogP contribution >= 0.6 is 11.8 Å². The first-order valence-electron chi connectivity index (χ1n) is 6.64. The van der Waals surface area contributed by atoms with Gasteiger partial charge in [-0.2, -0.15) is 16.4 Å². The maximum absolute atomic E-state index is 12.4. The quantitative estimate of drug-likeness (QED) is 0.769. The molecule has 1 aliphatic rings. The third-order valence-electron chi connectivity index (χ3n) is 3.52. The highest BCUT2D eigenvalue weighted by atomic mass is 32.2. The van der Waals surface area contributed by atoms with Crippen molar-refractivity contribution < 1.29 is 4.79 Å². The van der Waals surface area contributed by atoms with Gasteiger partial charge in [-0.15, -0.1) is 4.68 Å². The SMILES string of the molecule is CN(C(=O)n1nnn(-c2ccccc2)c1=O)C1CCSC1. The van der Waals surface area contributed by atoms with E-state index in [9.17, 15) is 9.59 Å². The second-order valence-corrected chi connectivity index (χ2v) is 5.98. The lowest BCUT2D eigenvalue weighted by Gasteiger charge is -2.22. The average Bonchev–Trinajstić information content (AvgIpc) is 3.16. The minimum Gasteiger partial charge on any atom is -0.322 e. The first kappa shape index (κ1) is 13.9. The first-order valence-corrected chi connectivity index (χ1v) is 7.79. The molecule has 2 aromatic rings. The topological polar surface area (TPSA) is 73.0 Å². The summed E-state index contributed by atoms with van der Waals surface area (Å²) in [7, 11) is 1.70. The van der Waals surface area contributed by atoms with Crippen molar-refractivity contribution >= 4 is 17.8 Å². The second-order valence-electron chi connectivity index (χ2n) is 4.83. The maximum atomic E-state index is 12.4. The van der Waals surface area contributed by atoms with Crippen LogP contribution in [0.2, 0.25) is 0 Å². The Balaban J connectivity index is 1.88. The molecule has 0 aliphatic carbocycles. The van der Waals surface area contributed by atoms with E-state index in [4.69, 9.17) is 0 Å². The molecule has 3 rings (SSSR count). The molecule has 0 radical (unpaired) electrons. The molecule has 1 saturated heterocycles. The Labute approximate surface area is 125 Å². The summed E-state index contributed by atoms with van der Waals surface area (Å²) in [5.41, 5.74) is 0.0318. The summed E-state index contributed by atoms with van der Waals surface area (Å²) in [6, 6.07) is 8.63. The fourth-order valence-corrected chi connectivity index (χ4v) is 3.50. The van der Waals surface area contributed by atoms with E-state index in [0.29, 0.717) is 5.69 Å². The smallest absolute Gasteiger partial charge is 0.322 e. The molecule has 0 bridgehead atoms. The third-order valence-corrected chi connectivity index (χ3v) is 4.66. The molecule has 7 nitrogen and oxygen atoms in total. The van der Waals surface area contributed by atoms with E-state index in [2.05, 4.69) is 10.4 Å². The first-order chi connectivity index (χ1) is 10.2. The largest absolute Gasteiger partial charge is 0.377 e. The lowest BCUT2D eigenvalue weighted by Crippen LogP contribution is -2.44. The van der Waals surface area contributed by atoms with Gasteiger partial charge >= 0.3 is 11.7 Å². The number of tetrazole rings is 1. The molecular weight excluding hydrogens is 290 g/mol. The Morgan fingerprint density at radius 2 is 2.10 bits per heavy atom. The van der Waals surface area contributed by atoms with Crippen molar-refractivity contribution in [1.29, 1.82) is 0 Å². The number of benzene rings is 1. The van der Waals surface area contributed by atoms with Crippen LogP contribution in [0.5, 0.6) is 0 Å². The molecule has 1 fully saturated rings. The molecule has 1 atom stereocenters. The fraction of sp³-hybridized carbons (Fsp3) is 0.385. The molecule has 21 heavy (non-hydrogen) atoms. The molecule has 0 saturated carbocycles. The van der Waals surface area contributed by atoms with Crippen molar-refractivity contribution in [2.24, 2.45) is 0 Å². The summed E-state index contributed by atoms with van der Waals surface area (Å²) in [5.74, 6) is 1.93. The van der Waals surface area contributed by atoms with Crippen LogP contribution in [-0.4, -0.2) is 55.3 Å². The number of rotatable bonds is 2. The number of hydrogen-bond donors (Lipinski definition) is 0. The van der Waals surface area contributed by atoms with Crippen molar-refractivity contribution in [3.05, 3.63) is 40.8 Å². The predicted octanol–water partition coefficient (Wildman–Crippen LogP) is 0.834. The van der Waals surface area contributed by atoms with Crippen molar-refractivity contribution in [3.8, 4) is 5.69 Å². The fourth-order valence-electron chi connectivity index (χ4n) is 2.23. The average molecular weight is 305 g/mol. The lowest BCUT2D eigenvalue weighted by molar-refractivity contribution is 0.192. The summed E-state index contributed by atoms with van der Waals surface area (Å²) < 4.78 is 1.94. The van der Waals surface area contributed by atoms with Gasteiger partial charge in [0.25, 0.3) is 0 Å². The molecule has 1 amide bonds. The Hall–Kier alpha value is -2.09. The third kappa shape index (κ3) is 2.58. The number of thioether (sulfide) groups is 1. The van der Waals surface area contributed by atoms with E-state index in [1.54, 1.807) is 48.0 Å². The van der Waals surface area contributed by atoms with Crippen LogP contribution < -0.4 is 5.69 Å². The van der Waals surface area contributed by atoms with Crippen LogP contribution in [-0.2, 0) is 0 Å². The molecule has 8 heteroatoms. The van der Waals surface area contributed by atoms with Crippen LogP contribution in [0.15, 0.2) is 35.1 Å². The number of nitrogens with zero attached hydrogens (tertiary/aromatic N) is 5. The zero-order chi connectivity index (χ0) is 14.8. The molecule has 1 aliphatic heterocycles. The summed E-state index contributed by atoms with van der Waals surface area (Å²) in [5, 5.41) is 7.48. The van der Waals surface area contributed by atoms with E-state index in [1.165, 1.54) is 0 Å². The molecule has 1 aromatic carbocycles. The molecule has 1 unspecified atom stereocenters. The summed E-state index contributed by atoms with van der Waals surface area (Å²) >= 11 is 1.81. The van der Waals surface area contributed by atoms with Gasteiger partial charge in [-0.3, -0.25) is 0 Å². The van der Waals surface area contributed by atoms with Crippen LogP contribution in [0.4, 0.5) is 4.79 Å². The van der Waals surface area contributed by atoms with E-state index in [1.807, 2.05) is 6.07 Å². The van der Waals surface area contributed by atoms with E-state index < -0.39 is 11.7 Å². The number of hydrogen-bond acceptors (Lipinski definition) is 5. The van der Waals surface area contributed by atoms with Gasteiger partial charge in [-0.25, -0.2) is 9.59 Å². The van der Waals surface area contributed by atoms with Crippen LogP contribution in [0.3, 0.4) is 0 Å². The van der Waals surface area contributed by atoms with Gasteiger partial charge in [0, 0.05) is 18.8 Å². The van der Waals surface area contributed by atoms with Gasteiger partial charge in [0.2, 0.25) is 0 Å². The Kier molecular flexibility index (Phi) is 3.78. The number of amides is 1. The van der Waals surface area contributed by atoms with Crippen molar-refractivity contribution in [1.82, 2.24) is 24.7 Å². The standard InChI is InChI=1S/C13H15N5O2S/c1-16(11-7-8-21-9-11)12(19)18-13(20)17(14-15-18)10-5-3-2-4-6-10/h2-6,11H,7-9H2,1H3. The van der Waals surface area contributed by atoms with Gasteiger partial charge in [0.15, 0.2) is 0 Å². The van der Waals surface area contributed by atoms with Gasteiger partial charge < -0.3 is 4.90 Å². The van der Waals surface area contributed by atoms with Crippen molar-refractivity contribution in [2.45, 2.75) is 12.5 Å². The van der Waals surface area contributed by atoms with Gasteiger partial charge in [0.05, 0.1) is 5.69 Å². The molecule has 2 heterocycles. The van der Waals surface area contributed by atoms with Crippen LogP contribution in [0.25, 0.3) is 5.69 Å². The summed E-state index contributed by atoms with van der Waals surface area (Å²) in [6.45, 7) is 0. The van der Waals surface area contributed by atoms with E-state index in [-0.39, 0.29) is 6.04 Å². The zero-order valence-corrected chi connectivity index (χ0v) is 12.4. The maximum Gasteiger partial charge on any atom is 0.377 e. The zero-order valence-electron chi connectivity index (χ0n) is 11.5. The minimum atomic E-state index is -0.552. The number of carbonyl (C=O) groups excluding carboxylic acids is 1. The highest BCUT2D eigenvalue weighted by Gasteiger charge is 2.27. The summed E-state index contributed by atoms with van der Waals surface area (Å²) in [6.07, 6.45) is 0.939. The Morgan fingerprint density at radius 1 is 1.33 bits per heavy atom. The summed E-state index contributed by atoms with van der Waals surface area (Å²) in [4.78, 5) is 26.2. The molecular formula is C13H15N5O2S.